The van der Waals surface area contributed by atoms with Crippen molar-refractivity contribution in [3.63, 3.8) is 0 Å². The van der Waals surface area contributed by atoms with E-state index in [1.54, 1.807) is 0 Å². The van der Waals surface area contributed by atoms with Crippen molar-refractivity contribution < 1.29 is 58.8 Å². The van der Waals surface area contributed by atoms with Gasteiger partial charge in [0.05, 0.1) is 9.85 Å². The van der Waals surface area contributed by atoms with E-state index in [1.807, 2.05) is 0 Å². The van der Waals surface area contributed by atoms with Gasteiger partial charge in [-0.05, 0) is 29.8 Å². The molecule has 17 heteroatoms. The zero-order valence-corrected chi connectivity index (χ0v) is 21.3. The maximum absolute atomic E-state index is 14.4. The first-order valence-electron chi connectivity index (χ1n) is 11.7. The van der Waals surface area contributed by atoms with Gasteiger partial charge in [0.25, 0.3) is 11.4 Å². The molecule has 0 heterocycles. The minimum absolute atomic E-state index is 0.0650. The minimum atomic E-state index is -5.40. The molecule has 0 radical (unpaired) electrons. The highest BCUT2D eigenvalue weighted by Crippen LogP contribution is 2.50. The van der Waals surface area contributed by atoms with E-state index < -0.39 is 85.0 Å². The van der Waals surface area contributed by atoms with Crippen molar-refractivity contribution in [2.24, 2.45) is 0 Å². The molecule has 0 aliphatic heterocycles. The van der Waals surface area contributed by atoms with Gasteiger partial charge in [-0.25, -0.2) is 0 Å². The highest BCUT2D eigenvalue weighted by Gasteiger charge is 2.41. The third-order valence-electron chi connectivity index (χ3n) is 5.85. The predicted octanol–water partition coefficient (Wildman–Crippen LogP) is 9.81. The fourth-order valence-corrected chi connectivity index (χ4v) is 3.93. The molecule has 0 saturated carbocycles. The van der Waals surface area contributed by atoms with E-state index in [4.69, 9.17) is 9.47 Å². The average Bonchev–Trinajstić information content (AvgIpc) is 2.92. The number of rotatable bonds is 7. The van der Waals surface area contributed by atoms with Crippen LogP contribution in [0.25, 0.3) is 11.1 Å². The summed E-state index contributed by atoms with van der Waals surface area (Å²) in [5, 5.41) is 22.0. The van der Waals surface area contributed by atoms with Crippen molar-refractivity contribution in [2.75, 3.05) is 0 Å². The minimum Gasteiger partial charge on any atom is -0.457 e. The lowest BCUT2D eigenvalue weighted by atomic mass is 10.00. The molecule has 230 valence electrons. The summed E-state index contributed by atoms with van der Waals surface area (Å²) >= 11 is 0. The predicted molar refractivity (Wildman–Crippen MR) is 133 cm³/mol. The van der Waals surface area contributed by atoms with Crippen LogP contribution in [-0.2, 0) is 18.5 Å². The second-order valence-electron chi connectivity index (χ2n) is 8.79. The highest BCUT2D eigenvalue weighted by molar-refractivity contribution is 5.75. The Hall–Kier alpha value is -5.35. The number of hydrogen-bond donors (Lipinski definition) is 0. The Morgan fingerprint density at radius 2 is 1.00 bits per heavy atom. The van der Waals surface area contributed by atoms with Gasteiger partial charge in [0.1, 0.15) is 39.7 Å². The second kappa shape index (κ2) is 11.4. The van der Waals surface area contributed by atoms with Gasteiger partial charge in [0.2, 0.25) is 0 Å². The smallest absolute Gasteiger partial charge is 0.420 e. The lowest BCUT2D eigenvalue weighted by Gasteiger charge is -2.22. The fraction of sp³-hybridized carbons (Fsp3) is 0.111. The Bertz CT molecular complexity index is 1740. The molecule has 0 amide bonds. The summed E-state index contributed by atoms with van der Waals surface area (Å²) in [6, 6.07) is 9.85. The van der Waals surface area contributed by atoms with E-state index in [0.717, 1.165) is 6.07 Å². The zero-order valence-electron chi connectivity index (χ0n) is 21.3. The van der Waals surface area contributed by atoms with E-state index in [1.165, 1.54) is 30.3 Å². The molecular formula is C27H13F9N2O6. The topological polar surface area (TPSA) is 105 Å². The van der Waals surface area contributed by atoms with Crippen LogP contribution in [0.5, 0.6) is 23.0 Å². The number of nitro benzene ring substituents is 2. The van der Waals surface area contributed by atoms with Crippen molar-refractivity contribution in [3.05, 3.63) is 116 Å². The lowest BCUT2D eigenvalue weighted by Crippen LogP contribution is -2.12. The molecule has 44 heavy (non-hydrogen) atoms. The Kier molecular flexibility index (Phi) is 8.17. The number of benzene rings is 4. The number of alkyl halides is 9. The van der Waals surface area contributed by atoms with E-state index >= 15 is 0 Å². The summed E-state index contributed by atoms with van der Waals surface area (Å²) in [6.45, 7) is 0. The molecule has 0 atom stereocenters. The molecule has 4 aromatic rings. The molecule has 0 bridgehead atoms. The van der Waals surface area contributed by atoms with Crippen molar-refractivity contribution in [2.45, 2.75) is 18.5 Å². The number of non-ortho nitro benzene ring substituents is 2. The Morgan fingerprint density at radius 3 is 1.43 bits per heavy atom. The molecule has 0 saturated heterocycles. The summed E-state index contributed by atoms with van der Waals surface area (Å²) in [6.07, 6.45) is -16.0. The zero-order chi connectivity index (χ0) is 32.6. The Labute approximate surface area is 239 Å². The van der Waals surface area contributed by atoms with Crippen LogP contribution in [0.4, 0.5) is 50.9 Å². The van der Waals surface area contributed by atoms with Crippen LogP contribution in [0.1, 0.15) is 16.7 Å². The third kappa shape index (κ3) is 6.82. The number of nitrogens with zero attached hydrogens (tertiary/aromatic N) is 2. The molecule has 0 aromatic heterocycles. The van der Waals surface area contributed by atoms with Gasteiger partial charge in [-0.1, -0.05) is 30.3 Å². The van der Waals surface area contributed by atoms with Gasteiger partial charge in [0.15, 0.2) is 0 Å². The van der Waals surface area contributed by atoms with Crippen LogP contribution in [0, 0.1) is 20.2 Å². The fourth-order valence-electron chi connectivity index (χ4n) is 3.93. The maximum Gasteiger partial charge on any atom is 0.420 e. The normalized spacial score (nSPS) is 12.1. The first kappa shape index (κ1) is 31.6. The molecule has 0 aliphatic carbocycles. The van der Waals surface area contributed by atoms with Gasteiger partial charge in [-0.15, -0.1) is 0 Å². The molecule has 0 N–H and O–H groups in total. The van der Waals surface area contributed by atoms with Crippen LogP contribution in [-0.4, -0.2) is 9.85 Å². The second-order valence-corrected chi connectivity index (χ2v) is 8.79. The highest BCUT2D eigenvalue weighted by atomic mass is 19.4. The van der Waals surface area contributed by atoms with Crippen LogP contribution >= 0.6 is 0 Å². The van der Waals surface area contributed by atoms with Gasteiger partial charge in [-0.3, -0.25) is 20.2 Å². The summed E-state index contributed by atoms with van der Waals surface area (Å²) in [7, 11) is 0. The first-order chi connectivity index (χ1) is 20.4. The standard InChI is InChI=1S/C27H13F9N2O6/c28-25(29,30)19-10-15(37(39)40)6-8-22(19)43-17-12-18(14-4-2-1-3-5-14)24(21(13-17)27(34,35)36)44-23-9-7-16(38(41)42)11-20(23)26(31,32)33/h1-13H. The number of halogens is 9. The van der Waals surface area contributed by atoms with Gasteiger partial charge >= 0.3 is 18.5 Å². The van der Waals surface area contributed by atoms with Crippen LogP contribution < -0.4 is 9.47 Å². The lowest BCUT2D eigenvalue weighted by molar-refractivity contribution is -0.385. The number of ether oxygens (including phenoxy) is 2. The van der Waals surface area contributed by atoms with Crippen molar-refractivity contribution in [1.29, 1.82) is 0 Å². The maximum atomic E-state index is 14.4. The average molecular weight is 632 g/mol. The number of hydrogen-bond acceptors (Lipinski definition) is 6. The molecule has 4 aromatic carbocycles. The van der Waals surface area contributed by atoms with Gasteiger partial charge in [-0.2, -0.15) is 39.5 Å². The summed E-state index contributed by atoms with van der Waals surface area (Å²) < 4.78 is 136. The Morgan fingerprint density at radius 1 is 0.545 bits per heavy atom. The monoisotopic (exact) mass is 632 g/mol. The first-order valence-corrected chi connectivity index (χ1v) is 11.7. The quantitative estimate of drug-likeness (QED) is 0.114. The van der Waals surface area contributed by atoms with E-state index in [0.29, 0.717) is 24.3 Å². The molecule has 4 rings (SSSR count). The van der Waals surface area contributed by atoms with Crippen molar-refractivity contribution in [1.82, 2.24) is 0 Å². The van der Waals surface area contributed by atoms with Crippen LogP contribution in [0.2, 0.25) is 0 Å². The van der Waals surface area contributed by atoms with E-state index in [-0.39, 0.29) is 23.8 Å². The van der Waals surface area contributed by atoms with Crippen LogP contribution in [0.3, 0.4) is 0 Å². The molecule has 8 nitrogen and oxygen atoms in total. The molecule has 0 aliphatic rings. The Balaban J connectivity index is 1.97. The summed E-state index contributed by atoms with van der Waals surface area (Å²) in [5.41, 5.74) is -7.96. The van der Waals surface area contributed by atoms with E-state index in [2.05, 4.69) is 0 Å². The van der Waals surface area contributed by atoms with Crippen molar-refractivity contribution in [3.8, 4) is 34.1 Å². The van der Waals surface area contributed by atoms with Gasteiger partial charge in [0, 0.05) is 29.8 Å². The summed E-state index contributed by atoms with van der Waals surface area (Å²) in [5.74, 6) is -4.47. The largest absolute Gasteiger partial charge is 0.457 e. The van der Waals surface area contributed by atoms with Crippen LogP contribution in [0.15, 0.2) is 78.9 Å². The SMILES string of the molecule is O=[N+]([O-])c1ccc(Oc2cc(-c3ccccc3)c(Oc3ccc([N+](=O)[O-])cc3C(F)(F)F)c(C(F)(F)F)c2)c(C(F)(F)F)c1. The molecular weight excluding hydrogens is 619 g/mol. The van der Waals surface area contributed by atoms with E-state index in [9.17, 15) is 59.7 Å². The third-order valence-corrected chi connectivity index (χ3v) is 5.85. The van der Waals surface area contributed by atoms with Gasteiger partial charge < -0.3 is 9.47 Å². The number of nitro groups is 2. The molecule has 0 spiro atoms. The summed E-state index contributed by atoms with van der Waals surface area (Å²) in [4.78, 5) is 19.7. The molecule has 0 unspecified atom stereocenters. The van der Waals surface area contributed by atoms with Crippen molar-refractivity contribution >= 4 is 11.4 Å². The molecule has 0 fully saturated rings.